The molecule has 2 rings (SSSR count). The van der Waals surface area contributed by atoms with Crippen molar-refractivity contribution in [1.29, 1.82) is 0 Å². The number of hydrogen-bond donors (Lipinski definition) is 0. The first-order valence-corrected chi connectivity index (χ1v) is 9.05. The molecule has 0 heterocycles. The van der Waals surface area contributed by atoms with E-state index in [4.69, 9.17) is 0 Å². The highest BCUT2D eigenvalue weighted by Crippen LogP contribution is 2.31. The van der Waals surface area contributed by atoms with E-state index in [9.17, 15) is 0 Å². The van der Waals surface area contributed by atoms with Gasteiger partial charge in [0.1, 0.15) is 0 Å². The molecule has 19 heavy (non-hydrogen) atoms. The predicted octanol–water partition coefficient (Wildman–Crippen LogP) is 6.45. The lowest BCUT2D eigenvalue weighted by atomic mass is 10.0. The topological polar surface area (TPSA) is 0 Å². The molecule has 0 nitrogen and oxygen atoms in total. The lowest BCUT2D eigenvalue weighted by Gasteiger charge is -2.17. The zero-order chi connectivity index (χ0) is 13.2. The van der Waals surface area contributed by atoms with Crippen LogP contribution in [-0.4, -0.2) is 5.25 Å². The fourth-order valence-electron chi connectivity index (χ4n) is 2.94. The molecule has 0 radical (unpaired) electrons. The van der Waals surface area contributed by atoms with E-state index in [0.29, 0.717) is 0 Å². The Morgan fingerprint density at radius 2 is 1.11 bits per heavy atom. The number of rotatable bonds is 2. The average Bonchev–Trinajstić information content (AvgIpc) is 2.43. The van der Waals surface area contributed by atoms with Crippen LogP contribution in [0.25, 0.3) is 0 Å². The molecular formula is C18H28S. The first kappa shape index (κ1) is 15.0. The third kappa shape index (κ3) is 6.51. The Bertz CT molecular complexity index is 308. The molecule has 0 N–H and O–H groups in total. The summed E-state index contributed by atoms with van der Waals surface area (Å²) in [6.07, 6.45) is 15.9. The standard InChI is InChI=1S/C18H28S/c1-2-4-6-9-13-17(14-10-7-5-3-1)19-18-15-11-8-12-16-18/h8,11-12,15-17H,1-7,9-10,13-14H2. The molecule has 0 amide bonds. The SMILES string of the molecule is c1ccc(SC2CCCCCCCCCCC2)cc1. The van der Waals surface area contributed by atoms with Crippen LogP contribution in [0, 0.1) is 0 Å². The highest BCUT2D eigenvalue weighted by atomic mass is 32.2. The molecule has 1 saturated carbocycles. The minimum atomic E-state index is 0.849. The molecular weight excluding hydrogens is 248 g/mol. The van der Waals surface area contributed by atoms with Crippen molar-refractivity contribution in [3.8, 4) is 0 Å². The second-order valence-electron chi connectivity index (χ2n) is 5.81. The first-order chi connectivity index (χ1) is 9.45. The van der Waals surface area contributed by atoms with Crippen molar-refractivity contribution < 1.29 is 0 Å². The van der Waals surface area contributed by atoms with E-state index in [2.05, 4.69) is 42.1 Å². The molecule has 1 aromatic carbocycles. The molecule has 1 fully saturated rings. The molecule has 0 aromatic heterocycles. The van der Waals surface area contributed by atoms with Crippen LogP contribution in [0.5, 0.6) is 0 Å². The Morgan fingerprint density at radius 1 is 0.632 bits per heavy atom. The molecule has 0 saturated heterocycles. The van der Waals surface area contributed by atoms with E-state index < -0.39 is 0 Å². The van der Waals surface area contributed by atoms with Gasteiger partial charge in [0.25, 0.3) is 0 Å². The van der Waals surface area contributed by atoms with Gasteiger partial charge in [-0.25, -0.2) is 0 Å². The van der Waals surface area contributed by atoms with E-state index in [1.54, 1.807) is 0 Å². The summed E-state index contributed by atoms with van der Waals surface area (Å²) < 4.78 is 0. The fourth-order valence-corrected chi connectivity index (χ4v) is 4.20. The van der Waals surface area contributed by atoms with Crippen LogP contribution >= 0.6 is 11.8 Å². The van der Waals surface area contributed by atoms with Crippen LogP contribution in [-0.2, 0) is 0 Å². The summed E-state index contributed by atoms with van der Waals surface area (Å²) in [6, 6.07) is 11.0. The molecule has 0 bridgehead atoms. The molecule has 1 aromatic rings. The van der Waals surface area contributed by atoms with Gasteiger partial charge >= 0.3 is 0 Å². The van der Waals surface area contributed by atoms with E-state index in [0.717, 1.165) is 5.25 Å². The summed E-state index contributed by atoms with van der Waals surface area (Å²) in [5, 5.41) is 0.849. The maximum absolute atomic E-state index is 2.26. The van der Waals surface area contributed by atoms with Gasteiger partial charge in [0, 0.05) is 10.1 Å². The number of benzene rings is 1. The van der Waals surface area contributed by atoms with Gasteiger partial charge in [-0.2, -0.15) is 0 Å². The van der Waals surface area contributed by atoms with Crippen LogP contribution < -0.4 is 0 Å². The predicted molar refractivity (Wildman–Crippen MR) is 86.9 cm³/mol. The molecule has 1 heteroatoms. The van der Waals surface area contributed by atoms with Crippen LogP contribution in [0.3, 0.4) is 0 Å². The highest BCUT2D eigenvalue weighted by Gasteiger charge is 2.10. The molecule has 0 spiro atoms. The van der Waals surface area contributed by atoms with Gasteiger partial charge in [-0.1, -0.05) is 76.0 Å². The Hall–Kier alpha value is -0.430. The van der Waals surface area contributed by atoms with Crippen LogP contribution in [0.2, 0.25) is 0 Å². The van der Waals surface area contributed by atoms with E-state index in [1.807, 2.05) is 0 Å². The van der Waals surface area contributed by atoms with E-state index in [-0.39, 0.29) is 0 Å². The zero-order valence-electron chi connectivity index (χ0n) is 12.2. The van der Waals surface area contributed by atoms with Gasteiger partial charge in [-0.15, -0.1) is 11.8 Å². The van der Waals surface area contributed by atoms with Gasteiger partial charge in [0.2, 0.25) is 0 Å². The van der Waals surface area contributed by atoms with Crippen molar-refractivity contribution in [2.45, 2.75) is 80.8 Å². The normalized spacial score (nSPS) is 20.4. The number of hydrogen-bond acceptors (Lipinski definition) is 1. The maximum atomic E-state index is 2.26. The summed E-state index contributed by atoms with van der Waals surface area (Å²) in [5.41, 5.74) is 0. The lowest BCUT2D eigenvalue weighted by Crippen LogP contribution is -2.03. The molecule has 0 atom stereocenters. The van der Waals surface area contributed by atoms with Crippen molar-refractivity contribution in [3.63, 3.8) is 0 Å². The monoisotopic (exact) mass is 276 g/mol. The Labute approximate surface area is 123 Å². The second-order valence-corrected chi connectivity index (χ2v) is 7.19. The van der Waals surface area contributed by atoms with Crippen molar-refractivity contribution in [1.82, 2.24) is 0 Å². The zero-order valence-corrected chi connectivity index (χ0v) is 13.0. The van der Waals surface area contributed by atoms with Crippen molar-refractivity contribution >= 4 is 11.8 Å². The summed E-state index contributed by atoms with van der Waals surface area (Å²) in [6.45, 7) is 0. The molecule has 0 aliphatic heterocycles. The summed E-state index contributed by atoms with van der Waals surface area (Å²) >= 11 is 2.12. The Morgan fingerprint density at radius 3 is 1.63 bits per heavy atom. The Kier molecular flexibility index (Phi) is 7.46. The Balaban J connectivity index is 1.81. The van der Waals surface area contributed by atoms with E-state index >= 15 is 0 Å². The number of thioether (sulfide) groups is 1. The van der Waals surface area contributed by atoms with Crippen LogP contribution in [0.15, 0.2) is 35.2 Å². The van der Waals surface area contributed by atoms with Gasteiger partial charge < -0.3 is 0 Å². The van der Waals surface area contributed by atoms with Crippen LogP contribution in [0.4, 0.5) is 0 Å². The minimum absolute atomic E-state index is 0.849. The van der Waals surface area contributed by atoms with Gasteiger partial charge in [-0.05, 0) is 25.0 Å². The summed E-state index contributed by atoms with van der Waals surface area (Å²) in [7, 11) is 0. The van der Waals surface area contributed by atoms with Gasteiger partial charge in [0.05, 0.1) is 0 Å². The summed E-state index contributed by atoms with van der Waals surface area (Å²) in [4.78, 5) is 1.46. The van der Waals surface area contributed by atoms with Crippen molar-refractivity contribution in [2.24, 2.45) is 0 Å². The minimum Gasteiger partial charge on any atom is -0.123 e. The molecule has 106 valence electrons. The third-order valence-corrected chi connectivity index (χ3v) is 5.45. The largest absolute Gasteiger partial charge is 0.123 e. The van der Waals surface area contributed by atoms with E-state index in [1.165, 1.54) is 75.5 Å². The first-order valence-electron chi connectivity index (χ1n) is 8.17. The summed E-state index contributed by atoms with van der Waals surface area (Å²) in [5.74, 6) is 0. The maximum Gasteiger partial charge on any atom is 0.00944 e. The highest BCUT2D eigenvalue weighted by molar-refractivity contribution is 8.00. The quantitative estimate of drug-likeness (QED) is 0.598. The second kappa shape index (κ2) is 9.47. The fraction of sp³-hybridized carbons (Fsp3) is 0.667. The van der Waals surface area contributed by atoms with Crippen LogP contribution in [0.1, 0.15) is 70.6 Å². The van der Waals surface area contributed by atoms with Gasteiger partial charge in [0.15, 0.2) is 0 Å². The van der Waals surface area contributed by atoms with Crippen molar-refractivity contribution in [3.05, 3.63) is 30.3 Å². The molecule has 1 aliphatic rings. The molecule has 1 aliphatic carbocycles. The van der Waals surface area contributed by atoms with Gasteiger partial charge in [-0.3, -0.25) is 0 Å². The van der Waals surface area contributed by atoms with Crippen molar-refractivity contribution in [2.75, 3.05) is 0 Å². The lowest BCUT2D eigenvalue weighted by molar-refractivity contribution is 0.510. The molecule has 0 unspecified atom stereocenters. The third-order valence-electron chi connectivity index (χ3n) is 4.10. The average molecular weight is 276 g/mol. The smallest absolute Gasteiger partial charge is 0.00944 e.